The van der Waals surface area contributed by atoms with Gasteiger partial charge in [0.1, 0.15) is 0 Å². The molecule has 6 heteroatoms. The number of thioether (sulfide) groups is 1. The lowest BCUT2D eigenvalue weighted by molar-refractivity contribution is 0.0585. The molecular formula is C13H18N2O2S2. The molecule has 19 heavy (non-hydrogen) atoms. The zero-order valence-electron chi connectivity index (χ0n) is 10.9. The second-order valence-corrected chi connectivity index (χ2v) is 7.31. The van der Waals surface area contributed by atoms with Crippen molar-refractivity contribution in [2.45, 2.75) is 24.3 Å². The average molecular weight is 298 g/mol. The number of thiophene rings is 1. The summed E-state index contributed by atoms with van der Waals surface area (Å²) in [6.45, 7) is 1.24. The lowest BCUT2D eigenvalue weighted by Gasteiger charge is -2.25. The number of hydrogen-bond acceptors (Lipinski definition) is 5. The van der Waals surface area contributed by atoms with E-state index in [2.05, 4.69) is 5.32 Å². The molecule has 0 bridgehead atoms. The summed E-state index contributed by atoms with van der Waals surface area (Å²) < 4.78 is 0. The highest BCUT2D eigenvalue weighted by Crippen LogP contribution is 2.32. The number of aryl methyl sites for hydroxylation is 1. The molecule has 1 aromatic rings. The Hall–Kier alpha value is -0.560. The van der Waals surface area contributed by atoms with E-state index in [4.69, 9.17) is 0 Å². The van der Waals surface area contributed by atoms with Crippen molar-refractivity contribution in [2.75, 3.05) is 25.9 Å². The van der Waals surface area contributed by atoms with Crippen LogP contribution in [-0.2, 0) is 12.2 Å². The third-order valence-corrected chi connectivity index (χ3v) is 6.04. The zero-order valence-corrected chi connectivity index (χ0v) is 12.5. The van der Waals surface area contributed by atoms with Gasteiger partial charge in [0.05, 0.1) is 17.0 Å². The molecule has 2 aliphatic rings. The molecular weight excluding hydrogens is 280 g/mol. The van der Waals surface area contributed by atoms with E-state index in [1.165, 1.54) is 10.4 Å². The molecule has 3 rings (SSSR count). The minimum atomic E-state index is -0.459. The molecule has 2 atom stereocenters. The first kappa shape index (κ1) is 13.4. The summed E-state index contributed by atoms with van der Waals surface area (Å²) in [5, 5.41) is 13.0. The molecule has 0 radical (unpaired) electrons. The fourth-order valence-electron chi connectivity index (χ4n) is 2.62. The molecule has 104 valence electrons. The van der Waals surface area contributed by atoms with Crippen molar-refractivity contribution >= 4 is 29.0 Å². The molecule has 0 unspecified atom stereocenters. The predicted molar refractivity (Wildman–Crippen MR) is 78.9 cm³/mol. The van der Waals surface area contributed by atoms with Crippen LogP contribution in [0.2, 0.25) is 0 Å². The molecule has 1 amide bonds. The van der Waals surface area contributed by atoms with Crippen LogP contribution in [0.5, 0.6) is 0 Å². The van der Waals surface area contributed by atoms with E-state index in [9.17, 15) is 9.90 Å². The van der Waals surface area contributed by atoms with Crippen molar-refractivity contribution < 1.29 is 9.90 Å². The Kier molecular flexibility index (Phi) is 3.84. The van der Waals surface area contributed by atoms with Crippen LogP contribution in [0.3, 0.4) is 0 Å². The summed E-state index contributed by atoms with van der Waals surface area (Å²) in [6.07, 6.45) is 0.619. The van der Waals surface area contributed by atoms with Crippen LogP contribution in [0.1, 0.15) is 20.1 Å². The molecule has 2 aliphatic heterocycles. The number of amides is 1. The number of carbonyl (C=O) groups is 1. The lowest BCUT2D eigenvalue weighted by atomic mass is 10.1. The number of aliphatic hydroxyl groups excluding tert-OH is 1. The van der Waals surface area contributed by atoms with Gasteiger partial charge < -0.3 is 15.3 Å². The Balaban J connectivity index is 1.77. The first-order valence-corrected chi connectivity index (χ1v) is 8.49. The Labute approximate surface area is 121 Å². The van der Waals surface area contributed by atoms with Crippen LogP contribution in [0.15, 0.2) is 6.07 Å². The summed E-state index contributed by atoms with van der Waals surface area (Å²) in [5.74, 6) is 2.22. The number of likely N-dealkylation sites (N-methyl/N-ethyl adjacent to an activating group) is 1. The van der Waals surface area contributed by atoms with Crippen LogP contribution in [0.25, 0.3) is 0 Å². The standard InChI is InChI=1S/C13H18N2O2S2/c1-15(9-5-14-6-10(9)16)13(17)12-4-8-7-18-3-2-11(8)19-12/h4,9-10,14,16H,2-3,5-7H2,1H3/t9-,10-/m1/s1. The minimum absolute atomic E-state index is 0.0390. The van der Waals surface area contributed by atoms with Crippen LogP contribution in [-0.4, -0.2) is 53.9 Å². The topological polar surface area (TPSA) is 52.6 Å². The molecule has 3 heterocycles. The quantitative estimate of drug-likeness (QED) is 0.853. The van der Waals surface area contributed by atoms with Crippen LogP contribution in [0.4, 0.5) is 0 Å². The van der Waals surface area contributed by atoms with Crippen molar-refractivity contribution in [2.24, 2.45) is 0 Å². The highest BCUT2D eigenvalue weighted by Gasteiger charge is 2.32. The maximum Gasteiger partial charge on any atom is 0.264 e. The van der Waals surface area contributed by atoms with Gasteiger partial charge in [0, 0.05) is 30.8 Å². The molecule has 0 aromatic carbocycles. The van der Waals surface area contributed by atoms with Crippen molar-refractivity contribution in [3.8, 4) is 0 Å². The molecule has 0 spiro atoms. The largest absolute Gasteiger partial charge is 0.390 e. The van der Waals surface area contributed by atoms with E-state index in [1.54, 1.807) is 23.3 Å². The fourth-order valence-corrected chi connectivity index (χ4v) is 4.98. The summed E-state index contributed by atoms with van der Waals surface area (Å²) in [5.41, 5.74) is 1.32. The van der Waals surface area contributed by atoms with Crippen molar-refractivity contribution in [1.29, 1.82) is 0 Å². The molecule has 1 saturated heterocycles. The van der Waals surface area contributed by atoms with E-state index in [1.807, 2.05) is 17.8 Å². The SMILES string of the molecule is CN(C(=O)c1cc2c(s1)CCSC2)[C@@H]1CNC[C@H]1O. The van der Waals surface area contributed by atoms with Crippen LogP contribution >= 0.6 is 23.1 Å². The Morgan fingerprint density at radius 2 is 2.37 bits per heavy atom. The zero-order chi connectivity index (χ0) is 13.4. The van der Waals surface area contributed by atoms with Crippen LogP contribution < -0.4 is 5.32 Å². The number of β-amino-alcohol motifs (C(OH)–C–C–N with tert-alkyl or cyclic N) is 1. The van der Waals surface area contributed by atoms with Gasteiger partial charge in [-0.05, 0) is 23.8 Å². The average Bonchev–Trinajstić information content (AvgIpc) is 3.02. The van der Waals surface area contributed by atoms with E-state index >= 15 is 0 Å². The molecule has 1 fully saturated rings. The van der Waals surface area contributed by atoms with Crippen molar-refractivity contribution in [3.63, 3.8) is 0 Å². The van der Waals surface area contributed by atoms with Gasteiger partial charge in [0.15, 0.2) is 0 Å². The number of carbonyl (C=O) groups excluding carboxylic acids is 1. The smallest absolute Gasteiger partial charge is 0.264 e. The van der Waals surface area contributed by atoms with Crippen molar-refractivity contribution in [3.05, 3.63) is 21.4 Å². The predicted octanol–water partition coefficient (Wildman–Crippen LogP) is 0.942. The normalized spacial score (nSPS) is 26.2. The Morgan fingerprint density at radius 1 is 1.53 bits per heavy atom. The van der Waals surface area contributed by atoms with Crippen molar-refractivity contribution in [1.82, 2.24) is 10.2 Å². The number of aliphatic hydroxyl groups is 1. The molecule has 4 nitrogen and oxygen atoms in total. The minimum Gasteiger partial charge on any atom is -0.390 e. The van der Waals surface area contributed by atoms with Gasteiger partial charge in [-0.2, -0.15) is 11.8 Å². The number of hydrogen-bond donors (Lipinski definition) is 2. The van der Waals surface area contributed by atoms with E-state index in [0.29, 0.717) is 13.1 Å². The third-order valence-electron chi connectivity index (χ3n) is 3.81. The second-order valence-electron chi connectivity index (χ2n) is 5.07. The second kappa shape index (κ2) is 5.44. The summed E-state index contributed by atoms with van der Waals surface area (Å²) in [7, 11) is 1.79. The summed E-state index contributed by atoms with van der Waals surface area (Å²) in [6, 6.07) is 1.93. The summed E-state index contributed by atoms with van der Waals surface area (Å²) in [4.78, 5) is 16.4. The monoisotopic (exact) mass is 298 g/mol. The molecule has 2 N–H and O–H groups in total. The highest BCUT2D eigenvalue weighted by atomic mass is 32.2. The number of nitrogens with one attached hydrogen (secondary N) is 1. The maximum absolute atomic E-state index is 12.5. The number of fused-ring (bicyclic) bond motifs is 1. The van der Waals surface area contributed by atoms with Gasteiger partial charge in [0.25, 0.3) is 5.91 Å². The van der Waals surface area contributed by atoms with Gasteiger partial charge in [-0.3, -0.25) is 4.79 Å². The van der Waals surface area contributed by atoms with E-state index < -0.39 is 6.10 Å². The first-order chi connectivity index (χ1) is 9.16. The van der Waals surface area contributed by atoms with Gasteiger partial charge in [-0.25, -0.2) is 0 Å². The first-order valence-electron chi connectivity index (χ1n) is 6.52. The lowest BCUT2D eigenvalue weighted by Crippen LogP contribution is -2.44. The molecule has 1 aromatic heterocycles. The van der Waals surface area contributed by atoms with Crippen LogP contribution in [0, 0.1) is 0 Å². The van der Waals surface area contributed by atoms with E-state index in [-0.39, 0.29) is 11.9 Å². The van der Waals surface area contributed by atoms with Gasteiger partial charge in [-0.1, -0.05) is 0 Å². The fraction of sp³-hybridized carbons (Fsp3) is 0.615. The van der Waals surface area contributed by atoms with Gasteiger partial charge >= 0.3 is 0 Å². The Bertz CT molecular complexity index is 465. The Morgan fingerprint density at radius 3 is 3.05 bits per heavy atom. The number of rotatable bonds is 2. The highest BCUT2D eigenvalue weighted by molar-refractivity contribution is 7.98. The molecule has 0 saturated carbocycles. The van der Waals surface area contributed by atoms with Gasteiger partial charge in [0.2, 0.25) is 0 Å². The van der Waals surface area contributed by atoms with Gasteiger partial charge in [-0.15, -0.1) is 11.3 Å². The maximum atomic E-state index is 12.5. The van der Waals surface area contributed by atoms with E-state index in [0.717, 1.165) is 22.8 Å². The molecule has 0 aliphatic carbocycles. The summed E-state index contributed by atoms with van der Waals surface area (Å²) >= 11 is 3.55. The third kappa shape index (κ3) is 2.54. The number of nitrogens with zero attached hydrogens (tertiary/aromatic N) is 1.